The van der Waals surface area contributed by atoms with Crippen molar-refractivity contribution in [2.24, 2.45) is 0 Å². The molecule has 0 aliphatic carbocycles. The third-order valence-corrected chi connectivity index (χ3v) is 6.64. The van der Waals surface area contributed by atoms with Gasteiger partial charge in [-0.1, -0.05) is 65.1 Å². The molecule has 5 rings (SSSR count). The minimum absolute atomic E-state index is 0. The van der Waals surface area contributed by atoms with Crippen molar-refractivity contribution in [2.75, 3.05) is 19.0 Å². The number of ether oxygens (including phenoxy) is 1. The second-order valence-electron chi connectivity index (χ2n) is 8.09. The first kappa shape index (κ1) is 29.4. The summed E-state index contributed by atoms with van der Waals surface area (Å²) in [6.45, 7) is 1.61. The summed E-state index contributed by atoms with van der Waals surface area (Å²) >= 11 is 17.6. The fourth-order valence-electron chi connectivity index (χ4n) is 4.09. The van der Waals surface area contributed by atoms with E-state index in [1.165, 1.54) is 22.2 Å². The fourth-order valence-corrected chi connectivity index (χ4v) is 4.56. The van der Waals surface area contributed by atoms with Gasteiger partial charge in [-0.25, -0.2) is 4.89 Å². The van der Waals surface area contributed by atoms with Gasteiger partial charge < -0.3 is 15.0 Å². The molecule has 0 amide bonds. The van der Waals surface area contributed by atoms with Crippen molar-refractivity contribution in [1.82, 2.24) is 4.98 Å². The normalized spacial score (nSPS) is 14.4. The number of benzene rings is 3. The molecular weight excluding hydrogens is 596 g/mol. The summed E-state index contributed by atoms with van der Waals surface area (Å²) in [6, 6.07) is 21.4. The SMILES string of the molecule is ClCCCOc1ccc(C2[N-]CCc3c2[nH]c2ccc(Cl)cc32)cc1.OOCc1ccccc1Cl.[Y]. The number of fused-ring (bicyclic) bond motifs is 3. The average molecular weight is 622 g/mol. The fraction of sp³-hybridized carbons (Fsp3) is 0.259. The number of aromatic amines is 1. The molecule has 1 aliphatic rings. The van der Waals surface area contributed by atoms with Crippen molar-refractivity contribution in [1.29, 1.82) is 0 Å². The molecule has 5 nitrogen and oxygen atoms in total. The van der Waals surface area contributed by atoms with Crippen LogP contribution in [0.15, 0.2) is 66.7 Å². The first-order valence-corrected chi connectivity index (χ1v) is 12.6. The number of H-pyrrole nitrogens is 1. The molecule has 0 bridgehead atoms. The molecule has 9 heteroatoms. The zero-order valence-electron chi connectivity index (χ0n) is 19.6. The van der Waals surface area contributed by atoms with E-state index in [0.29, 0.717) is 17.5 Å². The Hall–Kier alpha value is -1.15. The molecule has 1 unspecified atom stereocenters. The van der Waals surface area contributed by atoms with Crippen LogP contribution >= 0.6 is 34.8 Å². The van der Waals surface area contributed by atoms with Crippen molar-refractivity contribution < 1.29 is 47.6 Å². The van der Waals surface area contributed by atoms with E-state index in [0.717, 1.165) is 41.2 Å². The Labute approximate surface area is 251 Å². The predicted molar refractivity (Wildman–Crippen MR) is 143 cm³/mol. The second-order valence-corrected chi connectivity index (χ2v) is 9.31. The monoisotopic (exact) mass is 620 g/mol. The Kier molecular flexibility index (Phi) is 12.0. The van der Waals surface area contributed by atoms with Crippen LogP contribution in [0, 0.1) is 0 Å². The third kappa shape index (κ3) is 7.46. The molecule has 4 aromatic rings. The zero-order valence-corrected chi connectivity index (χ0v) is 24.7. The molecule has 1 radical (unpaired) electrons. The van der Waals surface area contributed by atoms with Crippen LogP contribution in [-0.4, -0.2) is 29.3 Å². The summed E-state index contributed by atoms with van der Waals surface area (Å²) in [5.41, 5.74) is 5.59. The van der Waals surface area contributed by atoms with Crippen molar-refractivity contribution in [2.45, 2.75) is 25.5 Å². The van der Waals surface area contributed by atoms with E-state index in [1.807, 2.05) is 42.5 Å². The van der Waals surface area contributed by atoms with Crippen LogP contribution in [0.4, 0.5) is 0 Å². The Morgan fingerprint density at radius 1 is 1.03 bits per heavy atom. The van der Waals surface area contributed by atoms with Gasteiger partial charge >= 0.3 is 0 Å². The van der Waals surface area contributed by atoms with E-state index in [2.05, 4.69) is 22.0 Å². The molecule has 1 atom stereocenters. The largest absolute Gasteiger partial charge is 0.650 e. The van der Waals surface area contributed by atoms with Crippen molar-refractivity contribution in [3.8, 4) is 5.75 Å². The number of hydrogen-bond donors (Lipinski definition) is 2. The number of aromatic nitrogens is 1. The third-order valence-electron chi connectivity index (χ3n) is 5.77. The number of alkyl halides is 1. The second kappa shape index (κ2) is 14.7. The summed E-state index contributed by atoms with van der Waals surface area (Å²) in [4.78, 5) is 7.47. The summed E-state index contributed by atoms with van der Waals surface area (Å²) in [5.74, 6) is 1.49. The summed E-state index contributed by atoms with van der Waals surface area (Å²) in [6.07, 6.45) is 1.80. The molecule has 0 fully saturated rings. The van der Waals surface area contributed by atoms with Crippen molar-refractivity contribution >= 4 is 45.7 Å². The van der Waals surface area contributed by atoms with Gasteiger partial charge in [0, 0.05) is 65.2 Å². The van der Waals surface area contributed by atoms with Crippen LogP contribution in [-0.2, 0) is 50.6 Å². The maximum Gasteiger partial charge on any atom is 0.119 e. The van der Waals surface area contributed by atoms with E-state index in [-0.39, 0.29) is 45.4 Å². The molecule has 1 aromatic heterocycles. The predicted octanol–water partition coefficient (Wildman–Crippen LogP) is 8.18. The topological polar surface area (TPSA) is 68.6 Å². The van der Waals surface area contributed by atoms with E-state index >= 15 is 0 Å². The molecular formula is C27H26Cl3N2O3Y-. The average Bonchev–Trinajstić information content (AvgIpc) is 3.25. The Morgan fingerprint density at radius 2 is 1.81 bits per heavy atom. The Morgan fingerprint density at radius 3 is 2.53 bits per heavy atom. The van der Waals surface area contributed by atoms with Crippen LogP contribution in [0.3, 0.4) is 0 Å². The molecule has 0 saturated carbocycles. The van der Waals surface area contributed by atoms with Crippen LogP contribution in [0.5, 0.6) is 5.75 Å². The standard InChI is InChI=1S/C20H19Cl2N2O.C7H7ClO2.Y/c21-9-1-11-25-15-5-2-13(3-6-15)19-20-16(8-10-23-19)17-12-14(22)4-7-18(17)24-20;8-7-4-2-1-3-6(7)5-10-9;/h2-7,12,19,24H,1,8-11H2;1-4,9H,5H2;/q-1;;. The van der Waals surface area contributed by atoms with Crippen LogP contribution in [0.1, 0.15) is 34.8 Å². The van der Waals surface area contributed by atoms with Gasteiger partial charge in [0.1, 0.15) is 12.4 Å². The maximum absolute atomic E-state index is 8.09. The number of nitrogens with zero attached hydrogens (tertiary/aromatic N) is 1. The smallest absolute Gasteiger partial charge is 0.119 e. The Balaban J connectivity index is 0.000000278. The van der Waals surface area contributed by atoms with Crippen molar-refractivity contribution in [3.63, 3.8) is 0 Å². The van der Waals surface area contributed by atoms with Crippen LogP contribution in [0.2, 0.25) is 10.0 Å². The molecule has 2 heterocycles. The quantitative estimate of drug-likeness (QED) is 0.0947. The molecule has 0 spiro atoms. The molecule has 187 valence electrons. The van der Waals surface area contributed by atoms with E-state index in [1.54, 1.807) is 12.1 Å². The maximum atomic E-state index is 8.09. The summed E-state index contributed by atoms with van der Waals surface area (Å²) < 4.78 is 5.68. The van der Waals surface area contributed by atoms with Gasteiger partial charge in [-0.15, -0.1) is 18.1 Å². The molecule has 1 aliphatic heterocycles. The first-order valence-electron chi connectivity index (χ1n) is 11.4. The molecule has 36 heavy (non-hydrogen) atoms. The first-order chi connectivity index (χ1) is 17.1. The summed E-state index contributed by atoms with van der Waals surface area (Å²) in [7, 11) is 0. The summed E-state index contributed by atoms with van der Waals surface area (Å²) in [5, 5.41) is 15.5. The van der Waals surface area contributed by atoms with Gasteiger partial charge in [0.2, 0.25) is 0 Å². The number of hydrogen-bond acceptors (Lipinski definition) is 3. The number of rotatable bonds is 7. The molecule has 2 N–H and O–H groups in total. The van der Waals surface area contributed by atoms with Gasteiger partial charge in [-0.05, 0) is 60.4 Å². The molecule has 3 aromatic carbocycles. The van der Waals surface area contributed by atoms with Crippen LogP contribution in [0.25, 0.3) is 16.2 Å². The van der Waals surface area contributed by atoms with E-state index in [4.69, 9.17) is 50.1 Å². The zero-order chi connectivity index (χ0) is 24.6. The van der Waals surface area contributed by atoms with E-state index < -0.39 is 0 Å². The Bertz CT molecular complexity index is 1250. The van der Waals surface area contributed by atoms with Gasteiger partial charge in [-0.2, -0.15) is 0 Å². The number of nitrogens with one attached hydrogen (secondary N) is 1. The van der Waals surface area contributed by atoms with Gasteiger partial charge in [0.05, 0.1) is 6.61 Å². The van der Waals surface area contributed by atoms with Crippen molar-refractivity contribution in [3.05, 3.63) is 104 Å². The minimum atomic E-state index is 0. The van der Waals surface area contributed by atoms with Gasteiger partial charge in [-0.3, -0.25) is 5.26 Å². The van der Waals surface area contributed by atoms with Crippen LogP contribution < -0.4 is 4.74 Å². The molecule has 0 saturated heterocycles. The van der Waals surface area contributed by atoms with Gasteiger partial charge in [0.25, 0.3) is 0 Å². The minimum Gasteiger partial charge on any atom is -0.650 e. The number of halogens is 3. The van der Waals surface area contributed by atoms with Gasteiger partial charge in [0.15, 0.2) is 0 Å². The van der Waals surface area contributed by atoms with E-state index in [9.17, 15) is 0 Å².